The number of carbonyl (C=O) groups excluding carboxylic acids is 2. The molecule has 0 bridgehead atoms. The Kier molecular flexibility index (Phi) is 3.66. The van der Waals surface area contributed by atoms with Crippen LogP contribution in [0.4, 0.5) is 4.79 Å². The fourth-order valence-electron chi connectivity index (χ4n) is 2.45. The Morgan fingerprint density at radius 3 is 2.45 bits per heavy atom. The third kappa shape index (κ3) is 2.79. The zero-order valence-corrected chi connectivity index (χ0v) is 11.8. The van der Waals surface area contributed by atoms with E-state index in [2.05, 4.69) is 0 Å². The molecule has 0 aromatic carbocycles. The van der Waals surface area contributed by atoms with Crippen molar-refractivity contribution >= 4 is 11.9 Å². The predicted octanol–water partition coefficient (Wildman–Crippen LogP) is 0.0469. The Bertz CT molecular complexity index is 406. The number of urea groups is 1. The molecule has 112 valence electrons. The van der Waals surface area contributed by atoms with Gasteiger partial charge in [0.1, 0.15) is 18.9 Å². The maximum absolute atomic E-state index is 12.4. The molecule has 0 N–H and O–H groups in total. The summed E-state index contributed by atoms with van der Waals surface area (Å²) in [6.45, 7) is 6.16. The van der Waals surface area contributed by atoms with Gasteiger partial charge in [-0.05, 0) is 5.92 Å². The van der Waals surface area contributed by atoms with E-state index in [1.54, 1.807) is 4.90 Å². The van der Waals surface area contributed by atoms with Gasteiger partial charge in [-0.3, -0.25) is 4.79 Å². The molecule has 3 heterocycles. The van der Waals surface area contributed by atoms with Crippen molar-refractivity contribution in [3.63, 3.8) is 0 Å². The first kappa shape index (κ1) is 13.8. The summed E-state index contributed by atoms with van der Waals surface area (Å²) >= 11 is 0. The van der Waals surface area contributed by atoms with E-state index in [0.717, 1.165) is 0 Å². The number of imide groups is 1. The fraction of sp³-hybridized carbons (Fsp3) is 0.846. The van der Waals surface area contributed by atoms with Gasteiger partial charge in [0.25, 0.3) is 5.91 Å². The molecule has 3 aliphatic heterocycles. The number of ether oxygens (including phenoxy) is 3. The van der Waals surface area contributed by atoms with E-state index in [1.807, 2.05) is 13.8 Å². The Morgan fingerprint density at radius 1 is 1.25 bits per heavy atom. The molecule has 3 atom stereocenters. The van der Waals surface area contributed by atoms with Crippen LogP contribution < -0.4 is 0 Å². The summed E-state index contributed by atoms with van der Waals surface area (Å²) in [5.74, 6) is -0.107. The van der Waals surface area contributed by atoms with E-state index >= 15 is 0 Å². The third-order valence-corrected chi connectivity index (χ3v) is 3.69. The third-order valence-electron chi connectivity index (χ3n) is 3.69. The molecular weight excluding hydrogens is 264 g/mol. The largest absolute Gasteiger partial charge is 0.371 e. The van der Waals surface area contributed by atoms with Crippen molar-refractivity contribution in [3.05, 3.63) is 0 Å². The Balaban J connectivity index is 1.63. The molecule has 3 saturated heterocycles. The van der Waals surface area contributed by atoms with Crippen LogP contribution in [0.5, 0.6) is 0 Å². The summed E-state index contributed by atoms with van der Waals surface area (Å²) in [5, 5.41) is 0. The van der Waals surface area contributed by atoms with Crippen LogP contribution in [0.15, 0.2) is 0 Å². The second-order valence-electron chi connectivity index (χ2n) is 5.80. The van der Waals surface area contributed by atoms with E-state index < -0.39 is 6.04 Å². The smallest absolute Gasteiger partial charge is 0.329 e. The normalized spacial score (nSPS) is 32.5. The lowest BCUT2D eigenvalue weighted by Gasteiger charge is -2.23. The first-order chi connectivity index (χ1) is 9.58. The van der Waals surface area contributed by atoms with Crippen LogP contribution in [0.3, 0.4) is 0 Å². The fourth-order valence-corrected chi connectivity index (χ4v) is 2.45. The summed E-state index contributed by atoms with van der Waals surface area (Å²) in [7, 11) is 0. The molecule has 3 unspecified atom stereocenters. The monoisotopic (exact) mass is 284 g/mol. The first-order valence-electron chi connectivity index (χ1n) is 7.01. The summed E-state index contributed by atoms with van der Waals surface area (Å²) < 4.78 is 15.6. The molecule has 0 aromatic rings. The second-order valence-corrected chi connectivity index (χ2v) is 5.80. The van der Waals surface area contributed by atoms with Crippen LogP contribution in [0, 0.1) is 5.92 Å². The Morgan fingerprint density at radius 2 is 1.90 bits per heavy atom. The van der Waals surface area contributed by atoms with E-state index in [1.165, 1.54) is 4.90 Å². The Labute approximate surface area is 117 Å². The topological polar surface area (TPSA) is 74.9 Å². The van der Waals surface area contributed by atoms with E-state index in [-0.39, 0.29) is 36.8 Å². The van der Waals surface area contributed by atoms with E-state index in [0.29, 0.717) is 26.4 Å². The van der Waals surface area contributed by atoms with Crippen LogP contribution in [-0.2, 0) is 19.0 Å². The van der Waals surface area contributed by atoms with Crippen molar-refractivity contribution in [1.82, 2.24) is 9.80 Å². The molecule has 0 saturated carbocycles. The molecule has 0 aliphatic carbocycles. The molecule has 7 heteroatoms. The van der Waals surface area contributed by atoms with Crippen molar-refractivity contribution in [2.45, 2.75) is 32.1 Å². The van der Waals surface area contributed by atoms with Gasteiger partial charge in [0.05, 0.1) is 32.5 Å². The molecule has 20 heavy (non-hydrogen) atoms. The minimum absolute atomic E-state index is 0.00275. The quantitative estimate of drug-likeness (QED) is 0.487. The lowest BCUT2D eigenvalue weighted by Crippen LogP contribution is -2.41. The maximum atomic E-state index is 12.4. The van der Waals surface area contributed by atoms with Gasteiger partial charge in [-0.1, -0.05) is 13.8 Å². The number of rotatable bonds is 7. The van der Waals surface area contributed by atoms with Crippen molar-refractivity contribution < 1.29 is 23.8 Å². The van der Waals surface area contributed by atoms with Gasteiger partial charge in [-0.15, -0.1) is 0 Å². The first-order valence-corrected chi connectivity index (χ1v) is 7.01. The van der Waals surface area contributed by atoms with Crippen molar-refractivity contribution in [2.75, 3.05) is 33.1 Å². The Hall–Kier alpha value is -1.18. The van der Waals surface area contributed by atoms with E-state index in [9.17, 15) is 9.59 Å². The second kappa shape index (κ2) is 5.31. The molecular formula is C13H20N2O5. The van der Waals surface area contributed by atoms with E-state index in [4.69, 9.17) is 14.2 Å². The zero-order chi connectivity index (χ0) is 14.3. The molecule has 3 aliphatic rings. The van der Waals surface area contributed by atoms with Gasteiger partial charge in [0.2, 0.25) is 0 Å². The number of hydrogen-bond donors (Lipinski definition) is 0. The summed E-state index contributed by atoms with van der Waals surface area (Å²) in [6.07, 6.45) is 0.202. The van der Waals surface area contributed by atoms with Crippen molar-refractivity contribution in [2.24, 2.45) is 5.92 Å². The van der Waals surface area contributed by atoms with Gasteiger partial charge in [-0.25, -0.2) is 9.69 Å². The van der Waals surface area contributed by atoms with Crippen LogP contribution in [0.2, 0.25) is 0 Å². The average molecular weight is 284 g/mol. The molecule has 3 fully saturated rings. The van der Waals surface area contributed by atoms with Crippen molar-refractivity contribution in [3.8, 4) is 0 Å². The van der Waals surface area contributed by atoms with Crippen LogP contribution >= 0.6 is 0 Å². The van der Waals surface area contributed by atoms with Crippen LogP contribution in [0.25, 0.3) is 0 Å². The molecule has 0 radical (unpaired) electrons. The maximum Gasteiger partial charge on any atom is 0.329 e. The lowest BCUT2D eigenvalue weighted by molar-refractivity contribution is -0.133. The number of hydrogen-bond acceptors (Lipinski definition) is 5. The van der Waals surface area contributed by atoms with Gasteiger partial charge in [-0.2, -0.15) is 0 Å². The van der Waals surface area contributed by atoms with Gasteiger partial charge >= 0.3 is 6.03 Å². The molecule has 0 aromatic heterocycles. The highest BCUT2D eigenvalue weighted by Crippen LogP contribution is 2.26. The van der Waals surface area contributed by atoms with Crippen LogP contribution in [0.1, 0.15) is 13.8 Å². The van der Waals surface area contributed by atoms with Crippen LogP contribution in [-0.4, -0.2) is 73.1 Å². The molecule has 7 nitrogen and oxygen atoms in total. The molecule has 3 rings (SSSR count). The number of carbonyl (C=O) groups is 2. The average Bonchev–Trinajstić information content (AvgIpc) is 3.26. The minimum Gasteiger partial charge on any atom is -0.371 e. The van der Waals surface area contributed by atoms with Gasteiger partial charge in [0, 0.05) is 0 Å². The molecule has 0 spiro atoms. The number of nitrogens with zero attached hydrogens (tertiary/aromatic N) is 2. The molecule has 3 amide bonds. The zero-order valence-electron chi connectivity index (χ0n) is 11.8. The highest BCUT2D eigenvalue weighted by Gasteiger charge is 2.48. The summed E-state index contributed by atoms with van der Waals surface area (Å²) in [6, 6.07) is -0.687. The predicted molar refractivity (Wildman–Crippen MR) is 67.9 cm³/mol. The van der Waals surface area contributed by atoms with Gasteiger partial charge < -0.3 is 19.1 Å². The standard InChI is InChI=1S/C13H20N2O5/c1-8(2)11-12(16)15(7-18-4-10-6-20-10)13(17)14(11)3-9-5-19-9/h8-11H,3-7H2,1-2H3. The van der Waals surface area contributed by atoms with Crippen molar-refractivity contribution in [1.29, 1.82) is 0 Å². The summed E-state index contributed by atoms with van der Waals surface area (Å²) in [5.41, 5.74) is 0. The highest BCUT2D eigenvalue weighted by atomic mass is 16.6. The summed E-state index contributed by atoms with van der Waals surface area (Å²) in [4.78, 5) is 27.5. The number of amides is 3. The lowest BCUT2D eigenvalue weighted by atomic mass is 10.0. The SMILES string of the molecule is CC(C)C1C(=O)N(COCC2CO2)C(=O)N1CC1CO1. The highest BCUT2D eigenvalue weighted by molar-refractivity contribution is 6.04. The minimum atomic E-state index is -0.410. The number of epoxide rings is 2. The van der Waals surface area contributed by atoms with Gasteiger partial charge in [0.15, 0.2) is 0 Å².